The Balaban J connectivity index is 1.82. The van der Waals surface area contributed by atoms with Gasteiger partial charge in [-0.25, -0.2) is 4.79 Å². The maximum atomic E-state index is 12.7. The summed E-state index contributed by atoms with van der Waals surface area (Å²) in [5, 5.41) is 0. The van der Waals surface area contributed by atoms with E-state index >= 15 is 0 Å². The summed E-state index contributed by atoms with van der Waals surface area (Å²) in [6.45, 7) is 6.37. The van der Waals surface area contributed by atoms with Crippen molar-refractivity contribution in [3.63, 3.8) is 0 Å². The molecule has 0 aromatic heterocycles. The molecule has 35 heavy (non-hydrogen) atoms. The molecule has 0 atom stereocenters. The summed E-state index contributed by atoms with van der Waals surface area (Å²) in [5.74, 6) is -2.06. The molecular formula is C27H26F3NO4. The average Bonchev–Trinajstić information content (AvgIpc) is 2.81. The number of alkyl halides is 3. The number of ether oxygens (including phenoxy) is 2. The molecule has 0 saturated carbocycles. The van der Waals surface area contributed by atoms with Gasteiger partial charge in [0.25, 0.3) is 0 Å². The molecule has 184 valence electrons. The molecule has 5 nitrogen and oxygen atoms in total. The lowest BCUT2D eigenvalue weighted by molar-refractivity contribution is -0.274. The van der Waals surface area contributed by atoms with Crippen LogP contribution in [0.25, 0.3) is 11.1 Å². The molecule has 0 unspecified atom stereocenters. The summed E-state index contributed by atoms with van der Waals surface area (Å²) >= 11 is 0. The van der Waals surface area contributed by atoms with Gasteiger partial charge < -0.3 is 9.47 Å². The predicted octanol–water partition coefficient (Wildman–Crippen LogP) is 6.26. The molecule has 0 heterocycles. The van der Waals surface area contributed by atoms with Crippen LogP contribution in [0.2, 0.25) is 0 Å². The Morgan fingerprint density at radius 1 is 0.800 bits per heavy atom. The predicted molar refractivity (Wildman–Crippen MR) is 127 cm³/mol. The van der Waals surface area contributed by atoms with Crippen LogP contribution in [-0.2, 0) is 26.3 Å². The molecule has 3 aromatic rings. The number of methoxy groups -OCH3 is 1. The Labute approximate surface area is 202 Å². The zero-order valence-corrected chi connectivity index (χ0v) is 19.8. The van der Waals surface area contributed by atoms with E-state index < -0.39 is 18.2 Å². The third-order valence-electron chi connectivity index (χ3n) is 5.37. The van der Waals surface area contributed by atoms with E-state index in [0.717, 1.165) is 23.8 Å². The van der Waals surface area contributed by atoms with Crippen molar-refractivity contribution in [3.8, 4) is 16.9 Å². The second kappa shape index (κ2) is 10.2. The summed E-state index contributed by atoms with van der Waals surface area (Å²) in [4.78, 5) is 26.1. The topological polar surface area (TPSA) is 55.8 Å². The van der Waals surface area contributed by atoms with E-state index in [1.54, 1.807) is 36.4 Å². The summed E-state index contributed by atoms with van der Waals surface area (Å²) in [6, 6.07) is 20.1. The zero-order chi connectivity index (χ0) is 25.8. The number of carbonyl (C=O) groups excluding carboxylic acids is 2. The zero-order valence-electron chi connectivity index (χ0n) is 19.8. The quantitative estimate of drug-likeness (QED) is 0.316. The molecule has 3 aromatic carbocycles. The normalized spacial score (nSPS) is 11.6. The maximum absolute atomic E-state index is 12.7. The van der Waals surface area contributed by atoms with Crippen molar-refractivity contribution in [1.82, 2.24) is 0 Å². The van der Waals surface area contributed by atoms with Gasteiger partial charge in [0.15, 0.2) is 0 Å². The van der Waals surface area contributed by atoms with Crippen molar-refractivity contribution < 1.29 is 32.2 Å². The van der Waals surface area contributed by atoms with E-state index in [1.807, 2.05) is 12.1 Å². The average molecular weight is 486 g/mol. The van der Waals surface area contributed by atoms with Crippen LogP contribution in [0, 0.1) is 0 Å². The highest BCUT2D eigenvalue weighted by Crippen LogP contribution is 2.28. The van der Waals surface area contributed by atoms with Gasteiger partial charge in [-0.1, -0.05) is 69.3 Å². The smallest absolute Gasteiger partial charge is 0.462 e. The molecule has 3 rings (SSSR count). The standard InChI is InChI=1S/C27H26F3NO4/c1-26(2,3)21-11-13-22(14-12-21)31(24(32)25(33)34-4)17-18-5-7-19(8-6-18)20-9-15-23(16-10-20)35-27(28,29)30/h5-16H,17H2,1-4H3. The number of benzene rings is 3. The van der Waals surface area contributed by atoms with Crippen molar-refractivity contribution in [2.75, 3.05) is 12.0 Å². The lowest BCUT2D eigenvalue weighted by atomic mass is 9.87. The van der Waals surface area contributed by atoms with E-state index in [9.17, 15) is 22.8 Å². The SMILES string of the molecule is COC(=O)C(=O)N(Cc1ccc(-c2ccc(OC(F)(F)F)cc2)cc1)c1ccc(C(C)(C)C)cc1. The first kappa shape index (κ1) is 25.8. The van der Waals surface area contributed by atoms with Crippen LogP contribution in [-0.4, -0.2) is 25.3 Å². The first-order valence-electron chi connectivity index (χ1n) is 10.8. The van der Waals surface area contributed by atoms with Crippen LogP contribution in [0.5, 0.6) is 5.75 Å². The fraction of sp³-hybridized carbons (Fsp3) is 0.259. The third-order valence-corrected chi connectivity index (χ3v) is 5.37. The number of hydrogen-bond acceptors (Lipinski definition) is 4. The lowest BCUT2D eigenvalue weighted by Gasteiger charge is -2.24. The van der Waals surface area contributed by atoms with Crippen molar-refractivity contribution in [1.29, 1.82) is 0 Å². The largest absolute Gasteiger partial charge is 0.573 e. The third kappa shape index (κ3) is 6.85. The van der Waals surface area contributed by atoms with Crippen LogP contribution in [0.4, 0.5) is 18.9 Å². The van der Waals surface area contributed by atoms with Crippen molar-refractivity contribution >= 4 is 17.6 Å². The summed E-state index contributed by atoms with van der Waals surface area (Å²) < 4.78 is 45.6. The summed E-state index contributed by atoms with van der Waals surface area (Å²) in [5.41, 5.74) is 3.80. The first-order chi connectivity index (χ1) is 16.4. The highest BCUT2D eigenvalue weighted by molar-refractivity contribution is 6.38. The first-order valence-corrected chi connectivity index (χ1v) is 10.8. The van der Waals surface area contributed by atoms with Gasteiger partial charge in [0.05, 0.1) is 13.7 Å². The number of rotatable bonds is 5. The van der Waals surface area contributed by atoms with E-state index in [0.29, 0.717) is 11.3 Å². The van der Waals surface area contributed by atoms with Gasteiger partial charge in [-0.05, 0) is 51.9 Å². The number of carbonyl (C=O) groups is 2. The van der Waals surface area contributed by atoms with Gasteiger partial charge >= 0.3 is 18.2 Å². The van der Waals surface area contributed by atoms with Crippen LogP contribution in [0.1, 0.15) is 31.9 Å². The van der Waals surface area contributed by atoms with Crippen molar-refractivity contribution in [2.45, 2.75) is 39.1 Å². The maximum Gasteiger partial charge on any atom is 0.573 e. The molecule has 0 spiro atoms. The van der Waals surface area contributed by atoms with E-state index in [4.69, 9.17) is 0 Å². The number of halogens is 3. The van der Waals surface area contributed by atoms with Gasteiger partial charge in [-0.2, -0.15) is 0 Å². The van der Waals surface area contributed by atoms with Gasteiger partial charge in [0.2, 0.25) is 0 Å². The fourth-order valence-corrected chi connectivity index (χ4v) is 3.45. The molecule has 0 fully saturated rings. The van der Waals surface area contributed by atoms with Gasteiger partial charge in [-0.15, -0.1) is 13.2 Å². The Morgan fingerprint density at radius 3 is 1.77 bits per heavy atom. The molecular weight excluding hydrogens is 459 g/mol. The van der Waals surface area contributed by atoms with Gasteiger partial charge in [0, 0.05) is 5.69 Å². The Hall–Kier alpha value is -3.81. The number of amides is 1. The molecule has 8 heteroatoms. The number of esters is 1. The lowest BCUT2D eigenvalue weighted by Crippen LogP contribution is -2.37. The minimum Gasteiger partial charge on any atom is -0.462 e. The van der Waals surface area contributed by atoms with Crippen LogP contribution >= 0.6 is 0 Å². The number of anilines is 1. The van der Waals surface area contributed by atoms with Crippen molar-refractivity contribution in [3.05, 3.63) is 83.9 Å². The highest BCUT2D eigenvalue weighted by atomic mass is 19.4. The van der Waals surface area contributed by atoms with Crippen molar-refractivity contribution in [2.24, 2.45) is 0 Å². The summed E-state index contributed by atoms with van der Waals surface area (Å²) in [6.07, 6.45) is -4.75. The van der Waals surface area contributed by atoms with Crippen LogP contribution in [0.3, 0.4) is 0 Å². The molecule has 0 aliphatic carbocycles. The molecule has 0 bridgehead atoms. The summed E-state index contributed by atoms with van der Waals surface area (Å²) in [7, 11) is 1.15. The fourth-order valence-electron chi connectivity index (χ4n) is 3.45. The second-order valence-corrected chi connectivity index (χ2v) is 8.95. The minimum atomic E-state index is -4.75. The molecule has 0 N–H and O–H groups in total. The Bertz CT molecular complexity index is 1160. The van der Waals surface area contributed by atoms with E-state index in [1.165, 1.54) is 29.2 Å². The van der Waals surface area contributed by atoms with Crippen LogP contribution < -0.4 is 9.64 Å². The molecule has 0 radical (unpaired) electrons. The van der Waals surface area contributed by atoms with E-state index in [-0.39, 0.29) is 17.7 Å². The van der Waals surface area contributed by atoms with Gasteiger partial charge in [-0.3, -0.25) is 9.69 Å². The number of nitrogens with zero attached hydrogens (tertiary/aromatic N) is 1. The number of hydrogen-bond donors (Lipinski definition) is 0. The molecule has 0 saturated heterocycles. The van der Waals surface area contributed by atoms with E-state index in [2.05, 4.69) is 30.2 Å². The van der Waals surface area contributed by atoms with Crippen LogP contribution in [0.15, 0.2) is 72.8 Å². The molecule has 0 aliphatic rings. The molecule has 0 aliphatic heterocycles. The van der Waals surface area contributed by atoms with Gasteiger partial charge in [0.1, 0.15) is 5.75 Å². The Kier molecular flexibility index (Phi) is 7.53. The molecule has 1 amide bonds. The second-order valence-electron chi connectivity index (χ2n) is 8.95. The highest BCUT2D eigenvalue weighted by Gasteiger charge is 2.31. The minimum absolute atomic E-state index is 0.0668. The monoisotopic (exact) mass is 485 g/mol. The Morgan fingerprint density at radius 2 is 1.31 bits per heavy atom.